The second-order valence-electron chi connectivity index (χ2n) is 4.20. The van der Waals surface area contributed by atoms with Crippen LogP contribution in [0.3, 0.4) is 0 Å². The minimum atomic E-state index is -0.940. The van der Waals surface area contributed by atoms with Crippen molar-refractivity contribution in [1.29, 1.82) is 0 Å². The standard InChI is InChI=1S/C15H14BrNO3/c1-20-12-4-2-3-10(7-12)9-17-14-6-5-11(15(18)19)8-13(14)16/h2-8,17H,9H2,1H3,(H,18,19). The summed E-state index contributed by atoms with van der Waals surface area (Å²) in [5.41, 5.74) is 2.18. The first kappa shape index (κ1) is 14.4. The number of nitrogens with one attached hydrogen (secondary N) is 1. The highest BCUT2D eigenvalue weighted by atomic mass is 79.9. The highest BCUT2D eigenvalue weighted by Gasteiger charge is 2.06. The van der Waals surface area contributed by atoms with Crippen LogP contribution in [-0.2, 0) is 6.54 Å². The first-order chi connectivity index (χ1) is 9.60. The molecule has 104 valence electrons. The molecule has 2 aromatic rings. The zero-order valence-electron chi connectivity index (χ0n) is 10.9. The molecule has 0 spiro atoms. The van der Waals surface area contributed by atoms with Crippen LogP contribution < -0.4 is 10.1 Å². The molecule has 2 N–H and O–H groups in total. The molecule has 2 rings (SSSR count). The predicted octanol–water partition coefficient (Wildman–Crippen LogP) is 3.77. The van der Waals surface area contributed by atoms with E-state index < -0.39 is 5.97 Å². The molecule has 0 aliphatic rings. The summed E-state index contributed by atoms with van der Waals surface area (Å²) in [6, 6.07) is 12.7. The Morgan fingerprint density at radius 2 is 2.10 bits per heavy atom. The maximum absolute atomic E-state index is 10.9. The molecule has 20 heavy (non-hydrogen) atoms. The molecular formula is C15H14BrNO3. The first-order valence-corrected chi connectivity index (χ1v) is 6.79. The Bertz CT molecular complexity index is 628. The van der Waals surface area contributed by atoms with Crippen LogP contribution in [0.15, 0.2) is 46.9 Å². The number of hydrogen-bond acceptors (Lipinski definition) is 3. The van der Waals surface area contributed by atoms with E-state index in [2.05, 4.69) is 21.2 Å². The molecule has 0 aliphatic carbocycles. The number of aromatic carboxylic acids is 1. The number of carbonyl (C=O) groups is 1. The Kier molecular flexibility index (Phi) is 4.63. The van der Waals surface area contributed by atoms with Gasteiger partial charge in [-0.05, 0) is 51.8 Å². The van der Waals surface area contributed by atoms with Crippen LogP contribution in [0.4, 0.5) is 5.69 Å². The van der Waals surface area contributed by atoms with Crippen molar-refractivity contribution in [3.63, 3.8) is 0 Å². The molecule has 2 aromatic carbocycles. The van der Waals surface area contributed by atoms with Crippen molar-refractivity contribution < 1.29 is 14.6 Å². The second kappa shape index (κ2) is 6.43. The summed E-state index contributed by atoms with van der Waals surface area (Å²) < 4.78 is 5.89. The highest BCUT2D eigenvalue weighted by molar-refractivity contribution is 9.10. The Hall–Kier alpha value is -2.01. The molecule has 0 aromatic heterocycles. The van der Waals surface area contributed by atoms with Crippen molar-refractivity contribution in [3.05, 3.63) is 58.1 Å². The summed E-state index contributed by atoms with van der Waals surface area (Å²) >= 11 is 3.37. The van der Waals surface area contributed by atoms with Crippen molar-refractivity contribution in [2.75, 3.05) is 12.4 Å². The SMILES string of the molecule is COc1cccc(CNc2ccc(C(=O)O)cc2Br)c1. The molecule has 0 radical (unpaired) electrons. The number of hydrogen-bond donors (Lipinski definition) is 2. The lowest BCUT2D eigenvalue weighted by atomic mass is 10.2. The minimum absolute atomic E-state index is 0.254. The fraction of sp³-hybridized carbons (Fsp3) is 0.133. The average Bonchev–Trinajstić information content (AvgIpc) is 2.46. The van der Waals surface area contributed by atoms with Gasteiger partial charge >= 0.3 is 5.97 Å². The van der Waals surface area contributed by atoms with Gasteiger partial charge in [0.05, 0.1) is 12.7 Å². The molecule has 0 heterocycles. The fourth-order valence-electron chi connectivity index (χ4n) is 1.77. The molecule has 0 unspecified atom stereocenters. The Balaban J connectivity index is 2.08. The third kappa shape index (κ3) is 3.51. The average molecular weight is 336 g/mol. The van der Waals surface area contributed by atoms with Gasteiger partial charge in [0.25, 0.3) is 0 Å². The van der Waals surface area contributed by atoms with Gasteiger partial charge < -0.3 is 15.2 Å². The fourth-order valence-corrected chi connectivity index (χ4v) is 2.29. The smallest absolute Gasteiger partial charge is 0.335 e. The van der Waals surface area contributed by atoms with E-state index in [1.54, 1.807) is 25.3 Å². The number of halogens is 1. The molecule has 0 saturated carbocycles. The molecule has 4 nitrogen and oxygen atoms in total. The second-order valence-corrected chi connectivity index (χ2v) is 5.06. The monoisotopic (exact) mass is 335 g/mol. The Labute approximate surface area is 125 Å². The minimum Gasteiger partial charge on any atom is -0.497 e. The number of carboxylic acids is 1. The summed E-state index contributed by atoms with van der Waals surface area (Å²) in [7, 11) is 1.63. The summed E-state index contributed by atoms with van der Waals surface area (Å²) in [5, 5.41) is 12.2. The summed E-state index contributed by atoms with van der Waals surface area (Å²) in [6.45, 7) is 0.627. The molecular weight excluding hydrogens is 322 g/mol. The number of carboxylic acid groups (broad SMARTS) is 1. The lowest BCUT2D eigenvalue weighted by Crippen LogP contribution is -2.02. The predicted molar refractivity (Wildman–Crippen MR) is 81.4 cm³/mol. The zero-order valence-corrected chi connectivity index (χ0v) is 12.5. The van der Waals surface area contributed by atoms with Crippen LogP contribution in [0.2, 0.25) is 0 Å². The van der Waals surface area contributed by atoms with Gasteiger partial charge in [-0.25, -0.2) is 4.79 Å². The van der Waals surface area contributed by atoms with Gasteiger partial charge in [-0.15, -0.1) is 0 Å². The van der Waals surface area contributed by atoms with Gasteiger partial charge in [-0.1, -0.05) is 12.1 Å². The third-order valence-corrected chi connectivity index (χ3v) is 3.49. The molecule has 0 atom stereocenters. The lowest BCUT2D eigenvalue weighted by molar-refractivity contribution is 0.0697. The van der Waals surface area contributed by atoms with Gasteiger partial charge in [-0.3, -0.25) is 0 Å². The Morgan fingerprint density at radius 1 is 1.30 bits per heavy atom. The van der Waals surface area contributed by atoms with E-state index >= 15 is 0 Å². The summed E-state index contributed by atoms with van der Waals surface area (Å²) in [5.74, 6) is -0.130. The zero-order chi connectivity index (χ0) is 14.5. The van der Waals surface area contributed by atoms with Crippen LogP contribution in [-0.4, -0.2) is 18.2 Å². The van der Waals surface area contributed by atoms with Crippen LogP contribution >= 0.6 is 15.9 Å². The van der Waals surface area contributed by atoms with Crippen LogP contribution in [0.25, 0.3) is 0 Å². The van der Waals surface area contributed by atoms with Crippen molar-refractivity contribution >= 4 is 27.6 Å². The molecule has 0 amide bonds. The van der Waals surface area contributed by atoms with Crippen molar-refractivity contribution in [2.24, 2.45) is 0 Å². The van der Waals surface area contributed by atoms with E-state index in [0.717, 1.165) is 21.5 Å². The highest BCUT2D eigenvalue weighted by Crippen LogP contribution is 2.24. The Morgan fingerprint density at radius 3 is 2.75 bits per heavy atom. The topological polar surface area (TPSA) is 58.6 Å². The van der Waals surface area contributed by atoms with Crippen molar-refractivity contribution in [3.8, 4) is 5.75 Å². The normalized spacial score (nSPS) is 10.1. The van der Waals surface area contributed by atoms with Gasteiger partial charge in [0, 0.05) is 16.7 Å². The molecule has 0 aliphatic heterocycles. The van der Waals surface area contributed by atoms with Gasteiger partial charge in [0.2, 0.25) is 0 Å². The maximum atomic E-state index is 10.9. The van der Waals surface area contributed by atoms with E-state index in [1.165, 1.54) is 0 Å². The molecule has 0 saturated heterocycles. The summed E-state index contributed by atoms with van der Waals surface area (Å²) in [4.78, 5) is 10.9. The van der Waals surface area contributed by atoms with Crippen molar-refractivity contribution in [2.45, 2.75) is 6.54 Å². The van der Waals surface area contributed by atoms with Gasteiger partial charge in [0.15, 0.2) is 0 Å². The van der Waals surface area contributed by atoms with Gasteiger partial charge in [0.1, 0.15) is 5.75 Å². The number of anilines is 1. The largest absolute Gasteiger partial charge is 0.497 e. The van der Waals surface area contributed by atoms with Crippen LogP contribution in [0, 0.1) is 0 Å². The lowest BCUT2D eigenvalue weighted by Gasteiger charge is -2.10. The number of rotatable bonds is 5. The molecule has 0 bridgehead atoms. The number of benzene rings is 2. The third-order valence-electron chi connectivity index (χ3n) is 2.83. The van der Waals surface area contributed by atoms with Crippen LogP contribution in [0.1, 0.15) is 15.9 Å². The van der Waals surface area contributed by atoms with Gasteiger partial charge in [-0.2, -0.15) is 0 Å². The van der Waals surface area contributed by atoms with E-state index in [4.69, 9.17) is 9.84 Å². The van der Waals surface area contributed by atoms with E-state index in [-0.39, 0.29) is 5.56 Å². The van der Waals surface area contributed by atoms with E-state index in [1.807, 2.05) is 24.3 Å². The first-order valence-electron chi connectivity index (χ1n) is 6.00. The summed E-state index contributed by atoms with van der Waals surface area (Å²) in [6.07, 6.45) is 0. The van der Waals surface area contributed by atoms with E-state index in [0.29, 0.717) is 6.54 Å². The molecule has 0 fully saturated rings. The number of methoxy groups -OCH3 is 1. The van der Waals surface area contributed by atoms with Crippen molar-refractivity contribution in [1.82, 2.24) is 0 Å². The quantitative estimate of drug-likeness (QED) is 0.873. The maximum Gasteiger partial charge on any atom is 0.335 e. The molecule has 5 heteroatoms. The van der Waals surface area contributed by atoms with E-state index in [9.17, 15) is 4.79 Å². The van der Waals surface area contributed by atoms with Crippen LogP contribution in [0.5, 0.6) is 5.75 Å². The number of ether oxygens (including phenoxy) is 1.